The van der Waals surface area contributed by atoms with Crippen LogP contribution in [0.15, 0.2) is 36.4 Å². The van der Waals surface area contributed by atoms with Crippen LogP contribution in [-0.2, 0) is 15.8 Å². The first kappa shape index (κ1) is 18.5. The van der Waals surface area contributed by atoms with Gasteiger partial charge in [-0.15, -0.1) is 10.2 Å². The zero-order valence-corrected chi connectivity index (χ0v) is 15.7. The summed E-state index contributed by atoms with van der Waals surface area (Å²) in [5.74, 6) is 1.02. The Morgan fingerprint density at radius 1 is 1.00 bits per heavy atom. The smallest absolute Gasteiger partial charge is 0.218 e. The minimum atomic E-state index is -3.43. The summed E-state index contributed by atoms with van der Waals surface area (Å²) in [5, 5.41) is 8.37. The van der Waals surface area contributed by atoms with E-state index < -0.39 is 10.0 Å². The highest BCUT2D eigenvalue weighted by atomic mass is 32.2. The summed E-state index contributed by atoms with van der Waals surface area (Å²) in [4.78, 5) is 3.90. The van der Waals surface area contributed by atoms with E-state index in [1.165, 1.54) is 28.6 Å². The Morgan fingerprint density at radius 3 is 2.19 bits per heavy atom. The Kier molecular flexibility index (Phi) is 5.38. The van der Waals surface area contributed by atoms with Crippen LogP contribution in [0.5, 0.6) is 0 Å². The second-order valence-electron chi connectivity index (χ2n) is 6.41. The molecule has 0 bridgehead atoms. The summed E-state index contributed by atoms with van der Waals surface area (Å²) < 4.78 is 39.6. The summed E-state index contributed by atoms with van der Waals surface area (Å²) in [6.45, 7) is 1.89. The molecule has 0 N–H and O–H groups in total. The summed E-state index contributed by atoms with van der Waals surface area (Å²) >= 11 is 0. The summed E-state index contributed by atoms with van der Waals surface area (Å²) in [7, 11) is 0.363. The maximum absolute atomic E-state index is 13.0. The van der Waals surface area contributed by atoms with Crippen LogP contribution in [-0.4, -0.2) is 63.2 Å². The molecule has 1 fully saturated rings. The van der Waals surface area contributed by atoms with Crippen LogP contribution >= 0.6 is 0 Å². The molecule has 1 saturated heterocycles. The lowest BCUT2D eigenvalue weighted by Crippen LogP contribution is -2.49. The van der Waals surface area contributed by atoms with Crippen molar-refractivity contribution < 1.29 is 12.8 Å². The number of hydrogen-bond acceptors (Lipinski definition) is 6. The normalized spacial score (nSPS) is 15.9. The highest BCUT2D eigenvalue weighted by Gasteiger charge is 2.27. The van der Waals surface area contributed by atoms with Gasteiger partial charge in [-0.25, -0.2) is 12.8 Å². The summed E-state index contributed by atoms with van der Waals surface area (Å²) in [6, 6.07) is 9.35. The molecule has 3 rings (SSSR count). The van der Waals surface area contributed by atoms with E-state index in [0.29, 0.717) is 31.7 Å². The molecule has 0 aliphatic carbocycles. The number of nitrogens with zero attached hydrogens (tertiary/aromatic N) is 5. The number of sulfonamides is 1. The van der Waals surface area contributed by atoms with Gasteiger partial charge < -0.3 is 9.80 Å². The van der Waals surface area contributed by atoms with Crippen LogP contribution in [0.25, 0.3) is 0 Å². The van der Waals surface area contributed by atoms with E-state index >= 15 is 0 Å². The summed E-state index contributed by atoms with van der Waals surface area (Å²) in [5.41, 5.74) is 0.582. The van der Waals surface area contributed by atoms with Gasteiger partial charge in [0.25, 0.3) is 0 Å². The van der Waals surface area contributed by atoms with Gasteiger partial charge in [0.05, 0.1) is 5.75 Å². The SMILES string of the molecule is CN(C)c1ccc(N2CCN(S(=O)(=O)Cc3ccc(F)cc3)CC2)nn1. The van der Waals surface area contributed by atoms with Crippen molar-refractivity contribution in [2.45, 2.75) is 5.75 Å². The molecule has 9 heteroatoms. The molecule has 2 aromatic rings. The molecule has 1 aliphatic heterocycles. The van der Waals surface area contributed by atoms with Crippen LogP contribution in [0.3, 0.4) is 0 Å². The lowest BCUT2D eigenvalue weighted by Gasteiger charge is -2.34. The monoisotopic (exact) mass is 379 g/mol. The van der Waals surface area contributed by atoms with Crippen molar-refractivity contribution in [2.75, 3.05) is 50.1 Å². The van der Waals surface area contributed by atoms with Crippen LogP contribution in [0.1, 0.15) is 5.56 Å². The molecular formula is C17H22FN5O2S. The van der Waals surface area contributed by atoms with Gasteiger partial charge in [0.2, 0.25) is 10.0 Å². The van der Waals surface area contributed by atoms with E-state index in [1.54, 1.807) is 0 Å². The van der Waals surface area contributed by atoms with E-state index in [0.717, 1.165) is 11.6 Å². The van der Waals surface area contributed by atoms with Gasteiger partial charge in [-0.05, 0) is 29.8 Å². The molecule has 140 valence electrons. The van der Waals surface area contributed by atoms with Gasteiger partial charge in [0.1, 0.15) is 5.82 Å². The fraction of sp³-hybridized carbons (Fsp3) is 0.412. The number of rotatable bonds is 5. The molecule has 0 radical (unpaired) electrons. The van der Waals surface area contributed by atoms with Crippen molar-refractivity contribution in [1.29, 1.82) is 0 Å². The minimum Gasteiger partial charge on any atom is -0.361 e. The standard InChI is InChI=1S/C17H22FN5O2S/c1-21(2)16-7-8-17(20-19-16)22-9-11-23(12-10-22)26(24,25)13-14-3-5-15(18)6-4-14/h3-8H,9-13H2,1-2H3. The highest BCUT2D eigenvalue weighted by molar-refractivity contribution is 7.88. The Labute approximate surface area is 153 Å². The molecule has 1 aliphatic rings. The van der Waals surface area contributed by atoms with Crippen molar-refractivity contribution in [3.63, 3.8) is 0 Å². The van der Waals surface area contributed by atoms with Crippen LogP contribution < -0.4 is 9.80 Å². The van der Waals surface area contributed by atoms with Gasteiger partial charge in [-0.3, -0.25) is 0 Å². The van der Waals surface area contributed by atoms with Crippen molar-refractivity contribution in [3.05, 3.63) is 47.8 Å². The van der Waals surface area contributed by atoms with Gasteiger partial charge in [0.15, 0.2) is 11.6 Å². The van der Waals surface area contributed by atoms with Gasteiger partial charge >= 0.3 is 0 Å². The molecular weight excluding hydrogens is 357 g/mol. The topological polar surface area (TPSA) is 69.6 Å². The maximum atomic E-state index is 13.0. The third kappa shape index (κ3) is 4.28. The number of anilines is 2. The first-order valence-electron chi connectivity index (χ1n) is 8.33. The Bertz CT molecular complexity index is 832. The van der Waals surface area contributed by atoms with Crippen LogP contribution in [0.2, 0.25) is 0 Å². The first-order chi connectivity index (χ1) is 12.3. The van der Waals surface area contributed by atoms with E-state index in [9.17, 15) is 12.8 Å². The van der Waals surface area contributed by atoms with Crippen LogP contribution in [0, 0.1) is 5.82 Å². The average molecular weight is 379 g/mol. The first-order valence-corrected chi connectivity index (χ1v) is 9.94. The van der Waals surface area contributed by atoms with Crippen LogP contribution in [0.4, 0.5) is 16.0 Å². The molecule has 1 aromatic heterocycles. The second-order valence-corrected chi connectivity index (χ2v) is 8.38. The zero-order valence-electron chi connectivity index (χ0n) is 14.8. The fourth-order valence-electron chi connectivity index (χ4n) is 2.80. The maximum Gasteiger partial charge on any atom is 0.218 e. The molecule has 2 heterocycles. The second kappa shape index (κ2) is 7.55. The molecule has 1 aromatic carbocycles. The highest BCUT2D eigenvalue weighted by Crippen LogP contribution is 2.18. The van der Waals surface area contributed by atoms with Gasteiger partial charge in [-0.2, -0.15) is 4.31 Å². The number of benzene rings is 1. The molecule has 0 amide bonds. The van der Waals surface area contributed by atoms with Crippen molar-refractivity contribution in [2.24, 2.45) is 0 Å². The predicted molar refractivity (Wildman–Crippen MR) is 99.2 cm³/mol. The molecule has 0 spiro atoms. The minimum absolute atomic E-state index is 0.120. The lowest BCUT2D eigenvalue weighted by molar-refractivity contribution is 0.383. The number of aromatic nitrogens is 2. The number of hydrogen-bond donors (Lipinski definition) is 0. The molecule has 26 heavy (non-hydrogen) atoms. The Balaban J connectivity index is 1.61. The Hall–Kier alpha value is -2.26. The summed E-state index contributed by atoms with van der Waals surface area (Å²) in [6.07, 6.45) is 0. The fourth-order valence-corrected chi connectivity index (χ4v) is 4.32. The number of piperazine rings is 1. The van der Waals surface area contributed by atoms with Gasteiger partial charge in [-0.1, -0.05) is 12.1 Å². The zero-order chi connectivity index (χ0) is 18.7. The molecule has 7 nitrogen and oxygen atoms in total. The van der Waals surface area contributed by atoms with E-state index in [4.69, 9.17) is 0 Å². The lowest BCUT2D eigenvalue weighted by atomic mass is 10.2. The molecule has 0 atom stereocenters. The van der Waals surface area contributed by atoms with Crippen molar-refractivity contribution >= 4 is 21.7 Å². The van der Waals surface area contributed by atoms with Gasteiger partial charge in [0, 0.05) is 40.3 Å². The molecule has 0 unspecified atom stereocenters. The van der Waals surface area contributed by atoms with Crippen molar-refractivity contribution in [3.8, 4) is 0 Å². The Morgan fingerprint density at radius 2 is 1.65 bits per heavy atom. The average Bonchev–Trinajstić information content (AvgIpc) is 2.64. The third-order valence-electron chi connectivity index (χ3n) is 4.31. The van der Waals surface area contributed by atoms with E-state index in [-0.39, 0.29) is 11.6 Å². The third-order valence-corrected chi connectivity index (χ3v) is 6.16. The molecule has 0 saturated carbocycles. The quantitative estimate of drug-likeness (QED) is 0.781. The van der Waals surface area contributed by atoms with Crippen molar-refractivity contribution in [1.82, 2.24) is 14.5 Å². The van der Waals surface area contributed by atoms with E-state index in [1.807, 2.05) is 36.0 Å². The largest absolute Gasteiger partial charge is 0.361 e. The van der Waals surface area contributed by atoms with E-state index in [2.05, 4.69) is 10.2 Å². The number of halogens is 1. The predicted octanol–water partition coefficient (Wildman–Crippen LogP) is 1.33.